The van der Waals surface area contributed by atoms with E-state index in [2.05, 4.69) is 0 Å². The molecule has 0 saturated heterocycles. The Morgan fingerprint density at radius 3 is 2.65 bits per heavy atom. The maximum Gasteiger partial charge on any atom is 0.271 e. The number of methoxy groups -OCH3 is 1. The number of ether oxygens (including phenoxy) is 1. The van der Waals surface area contributed by atoms with E-state index < -0.39 is 4.92 Å². The Balaban J connectivity index is 3.22. The number of nitro benzene ring substituents is 1. The summed E-state index contributed by atoms with van der Waals surface area (Å²) in [6.45, 7) is 1.72. The van der Waals surface area contributed by atoms with Gasteiger partial charge in [0.1, 0.15) is 5.75 Å². The summed E-state index contributed by atoms with van der Waals surface area (Å²) in [7, 11) is 3.02. The normalized spacial score (nSPS) is 9.82. The van der Waals surface area contributed by atoms with Crippen molar-refractivity contribution in [2.75, 3.05) is 19.1 Å². The number of benzene rings is 1. The summed E-state index contributed by atoms with van der Waals surface area (Å²) in [5, 5.41) is 10.7. The number of rotatable bonds is 4. The molecule has 92 valence electrons. The number of hydrogen-bond donors (Lipinski definition) is 0. The van der Waals surface area contributed by atoms with Gasteiger partial charge < -0.3 is 9.64 Å². The van der Waals surface area contributed by atoms with Crippen LogP contribution >= 0.6 is 0 Å². The van der Waals surface area contributed by atoms with E-state index in [1.165, 1.54) is 30.2 Å². The van der Waals surface area contributed by atoms with Gasteiger partial charge in [0.05, 0.1) is 17.7 Å². The average molecular weight is 238 g/mol. The van der Waals surface area contributed by atoms with Gasteiger partial charge in [-0.15, -0.1) is 0 Å². The Kier molecular flexibility index (Phi) is 4.03. The van der Waals surface area contributed by atoms with Crippen molar-refractivity contribution < 1.29 is 14.5 Å². The van der Waals surface area contributed by atoms with Crippen molar-refractivity contribution in [3.8, 4) is 5.75 Å². The number of amides is 1. The lowest BCUT2D eigenvalue weighted by Gasteiger charge is -2.18. The summed E-state index contributed by atoms with van der Waals surface area (Å²) in [5.74, 6) is 0.295. The predicted molar refractivity (Wildman–Crippen MR) is 63.3 cm³/mol. The van der Waals surface area contributed by atoms with Crippen LogP contribution in [0, 0.1) is 10.1 Å². The van der Waals surface area contributed by atoms with Gasteiger partial charge in [-0.1, -0.05) is 6.92 Å². The van der Waals surface area contributed by atoms with Crippen molar-refractivity contribution in [2.24, 2.45) is 0 Å². The number of nitro groups is 1. The number of non-ortho nitro benzene ring substituents is 1. The van der Waals surface area contributed by atoms with Crippen LogP contribution in [-0.4, -0.2) is 25.0 Å². The van der Waals surface area contributed by atoms with Crippen molar-refractivity contribution in [3.63, 3.8) is 0 Å². The highest BCUT2D eigenvalue weighted by Gasteiger charge is 2.17. The highest BCUT2D eigenvalue weighted by molar-refractivity contribution is 5.94. The van der Waals surface area contributed by atoms with Gasteiger partial charge in [-0.2, -0.15) is 0 Å². The van der Waals surface area contributed by atoms with Gasteiger partial charge in [-0.05, 0) is 6.07 Å². The lowest BCUT2D eigenvalue weighted by atomic mass is 10.2. The molecule has 6 nitrogen and oxygen atoms in total. The fraction of sp³-hybridized carbons (Fsp3) is 0.364. The monoisotopic (exact) mass is 238 g/mol. The summed E-state index contributed by atoms with van der Waals surface area (Å²) in [6.07, 6.45) is 0.322. The van der Waals surface area contributed by atoms with Crippen molar-refractivity contribution in [2.45, 2.75) is 13.3 Å². The molecule has 1 rings (SSSR count). The van der Waals surface area contributed by atoms with E-state index in [1.54, 1.807) is 14.0 Å². The first-order valence-corrected chi connectivity index (χ1v) is 5.10. The topological polar surface area (TPSA) is 72.7 Å². The summed E-state index contributed by atoms with van der Waals surface area (Å²) in [5.41, 5.74) is 0.324. The van der Waals surface area contributed by atoms with Crippen LogP contribution in [0.25, 0.3) is 0 Å². The first kappa shape index (κ1) is 13.0. The first-order valence-electron chi connectivity index (χ1n) is 5.10. The molecule has 0 saturated carbocycles. The zero-order valence-corrected chi connectivity index (χ0v) is 9.97. The van der Waals surface area contributed by atoms with Crippen molar-refractivity contribution in [1.82, 2.24) is 0 Å². The molecule has 0 spiro atoms. The summed E-state index contributed by atoms with van der Waals surface area (Å²) in [6, 6.07) is 4.14. The Labute approximate surface area is 98.9 Å². The molecule has 0 heterocycles. The predicted octanol–water partition coefficient (Wildman–Crippen LogP) is 1.98. The van der Waals surface area contributed by atoms with Crippen LogP contribution in [0.1, 0.15) is 13.3 Å². The van der Waals surface area contributed by atoms with E-state index in [4.69, 9.17) is 4.74 Å². The highest BCUT2D eigenvalue weighted by atomic mass is 16.6. The molecule has 6 heteroatoms. The average Bonchev–Trinajstić information content (AvgIpc) is 2.35. The van der Waals surface area contributed by atoms with Crippen LogP contribution < -0.4 is 9.64 Å². The molecule has 1 amide bonds. The molecule has 0 N–H and O–H groups in total. The Morgan fingerprint density at radius 1 is 1.53 bits per heavy atom. The van der Waals surface area contributed by atoms with Gasteiger partial charge in [-0.25, -0.2) is 0 Å². The number of hydrogen-bond acceptors (Lipinski definition) is 4. The fourth-order valence-corrected chi connectivity index (χ4v) is 1.43. The Morgan fingerprint density at radius 2 is 2.18 bits per heavy atom. The first-order chi connectivity index (χ1) is 8.01. The van der Waals surface area contributed by atoms with E-state index in [-0.39, 0.29) is 11.6 Å². The van der Waals surface area contributed by atoms with Crippen LogP contribution in [-0.2, 0) is 4.79 Å². The SMILES string of the molecule is CCC(=O)N(C)c1cc([N+](=O)[O-])ccc1OC. The molecule has 1 aromatic rings. The van der Waals surface area contributed by atoms with E-state index in [0.717, 1.165) is 0 Å². The molecule has 0 aliphatic heterocycles. The molecule has 0 radical (unpaired) electrons. The lowest BCUT2D eigenvalue weighted by Crippen LogP contribution is -2.25. The van der Waals surface area contributed by atoms with E-state index >= 15 is 0 Å². The second kappa shape index (κ2) is 5.29. The highest BCUT2D eigenvalue weighted by Crippen LogP contribution is 2.31. The van der Waals surface area contributed by atoms with E-state index in [9.17, 15) is 14.9 Å². The Hall–Kier alpha value is -2.11. The molecule has 17 heavy (non-hydrogen) atoms. The molecule has 0 fully saturated rings. The summed E-state index contributed by atoms with van der Waals surface area (Å²) < 4.78 is 5.08. The number of anilines is 1. The largest absolute Gasteiger partial charge is 0.495 e. The maximum absolute atomic E-state index is 11.6. The van der Waals surface area contributed by atoms with Crippen LogP contribution in [0.3, 0.4) is 0 Å². The van der Waals surface area contributed by atoms with Gasteiger partial charge in [0.25, 0.3) is 5.69 Å². The number of carbonyl (C=O) groups excluding carboxylic acids is 1. The molecular formula is C11H14N2O4. The van der Waals surface area contributed by atoms with Gasteiger partial charge in [0.15, 0.2) is 0 Å². The van der Waals surface area contributed by atoms with Crippen molar-refractivity contribution in [3.05, 3.63) is 28.3 Å². The van der Waals surface area contributed by atoms with Crippen molar-refractivity contribution in [1.29, 1.82) is 0 Å². The third kappa shape index (κ3) is 2.72. The maximum atomic E-state index is 11.6. The third-order valence-electron chi connectivity index (χ3n) is 2.41. The lowest BCUT2D eigenvalue weighted by molar-refractivity contribution is -0.384. The minimum absolute atomic E-state index is 0.0726. The standard InChI is InChI=1S/C11H14N2O4/c1-4-11(14)12(2)9-7-8(13(15)16)5-6-10(9)17-3/h5-7H,4H2,1-3H3. The smallest absolute Gasteiger partial charge is 0.271 e. The Bertz CT molecular complexity index is 445. The molecule has 0 aromatic heterocycles. The molecule has 1 aromatic carbocycles. The van der Waals surface area contributed by atoms with E-state index in [0.29, 0.717) is 17.9 Å². The molecular weight excluding hydrogens is 224 g/mol. The van der Waals surface area contributed by atoms with Crippen LogP contribution in [0.15, 0.2) is 18.2 Å². The van der Waals surface area contributed by atoms with Crippen LogP contribution in [0.2, 0.25) is 0 Å². The zero-order valence-electron chi connectivity index (χ0n) is 9.97. The number of carbonyl (C=O) groups is 1. The minimum Gasteiger partial charge on any atom is -0.495 e. The van der Waals surface area contributed by atoms with E-state index in [1.807, 2.05) is 0 Å². The van der Waals surface area contributed by atoms with Crippen molar-refractivity contribution >= 4 is 17.3 Å². The fourth-order valence-electron chi connectivity index (χ4n) is 1.43. The second-order valence-electron chi connectivity index (χ2n) is 3.42. The molecule has 0 bridgehead atoms. The van der Waals surface area contributed by atoms with Gasteiger partial charge in [0.2, 0.25) is 5.91 Å². The minimum atomic E-state index is -0.507. The van der Waals surface area contributed by atoms with Gasteiger partial charge in [-0.3, -0.25) is 14.9 Å². The molecule has 0 aliphatic rings. The zero-order chi connectivity index (χ0) is 13.0. The molecule has 0 unspecified atom stereocenters. The van der Waals surface area contributed by atoms with Crippen LogP contribution in [0.5, 0.6) is 5.75 Å². The molecule has 0 aliphatic carbocycles. The summed E-state index contributed by atoms with van der Waals surface area (Å²) >= 11 is 0. The number of nitrogens with zero attached hydrogens (tertiary/aromatic N) is 2. The molecule has 0 atom stereocenters. The quantitative estimate of drug-likeness (QED) is 0.593. The van der Waals surface area contributed by atoms with Gasteiger partial charge >= 0.3 is 0 Å². The summed E-state index contributed by atoms with van der Waals surface area (Å²) in [4.78, 5) is 23.1. The van der Waals surface area contributed by atoms with Crippen LogP contribution in [0.4, 0.5) is 11.4 Å². The second-order valence-corrected chi connectivity index (χ2v) is 3.42. The van der Waals surface area contributed by atoms with Gasteiger partial charge in [0, 0.05) is 25.6 Å². The third-order valence-corrected chi connectivity index (χ3v) is 2.41.